The van der Waals surface area contributed by atoms with Crippen molar-refractivity contribution in [3.8, 4) is 11.3 Å². The molecule has 0 fully saturated rings. The second kappa shape index (κ2) is 6.20. The highest BCUT2D eigenvalue weighted by Crippen LogP contribution is 2.22. The van der Waals surface area contributed by atoms with Gasteiger partial charge >= 0.3 is 0 Å². The van der Waals surface area contributed by atoms with E-state index in [1.54, 1.807) is 29.8 Å². The van der Waals surface area contributed by atoms with E-state index in [2.05, 4.69) is 25.6 Å². The zero-order valence-electron chi connectivity index (χ0n) is 11.3. The smallest absolute Gasteiger partial charge is 0.223 e. The molecule has 0 saturated carbocycles. The van der Waals surface area contributed by atoms with E-state index in [1.807, 2.05) is 30.5 Å². The minimum Gasteiger partial charge on any atom is -0.348 e. The Balaban J connectivity index is 1.78. The molecule has 0 bridgehead atoms. The van der Waals surface area contributed by atoms with Crippen molar-refractivity contribution in [1.82, 2.24) is 15.0 Å². The first-order valence-corrected chi connectivity index (χ1v) is 7.78. The zero-order valence-corrected chi connectivity index (χ0v) is 12.9. The molecule has 21 heavy (non-hydrogen) atoms. The van der Waals surface area contributed by atoms with Crippen molar-refractivity contribution < 1.29 is 0 Å². The molecule has 1 atom stereocenters. The van der Waals surface area contributed by atoms with E-state index < -0.39 is 0 Å². The molecule has 106 valence electrons. The highest BCUT2D eigenvalue weighted by Gasteiger charge is 2.08. The van der Waals surface area contributed by atoms with Crippen LogP contribution in [0.2, 0.25) is 5.15 Å². The van der Waals surface area contributed by atoms with Crippen LogP contribution in [0.1, 0.15) is 18.5 Å². The van der Waals surface area contributed by atoms with Crippen molar-refractivity contribution in [2.45, 2.75) is 13.0 Å². The van der Waals surface area contributed by atoms with Crippen molar-refractivity contribution in [3.05, 3.63) is 58.1 Å². The molecule has 3 heterocycles. The molecule has 0 spiro atoms. The van der Waals surface area contributed by atoms with E-state index >= 15 is 0 Å². The van der Waals surface area contributed by atoms with Gasteiger partial charge in [0.05, 0.1) is 11.7 Å². The summed E-state index contributed by atoms with van der Waals surface area (Å²) in [6.45, 7) is 2.03. The number of rotatable bonds is 4. The predicted molar refractivity (Wildman–Crippen MR) is 86.6 cm³/mol. The lowest BCUT2D eigenvalue weighted by Gasteiger charge is -2.14. The fourth-order valence-electron chi connectivity index (χ4n) is 1.92. The maximum Gasteiger partial charge on any atom is 0.223 e. The van der Waals surface area contributed by atoms with Gasteiger partial charge in [-0.15, -0.1) is 0 Å². The monoisotopic (exact) mass is 316 g/mol. The average Bonchev–Trinajstić information content (AvgIpc) is 3.02. The van der Waals surface area contributed by atoms with Gasteiger partial charge in [-0.2, -0.15) is 11.3 Å². The zero-order chi connectivity index (χ0) is 14.7. The van der Waals surface area contributed by atoms with Crippen LogP contribution in [0.4, 0.5) is 5.95 Å². The van der Waals surface area contributed by atoms with E-state index in [1.165, 1.54) is 0 Å². The Morgan fingerprint density at radius 1 is 1.19 bits per heavy atom. The summed E-state index contributed by atoms with van der Waals surface area (Å²) in [5, 5.41) is 7.87. The molecule has 0 aliphatic rings. The summed E-state index contributed by atoms with van der Waals surface area (Å²) in [4.78, 5) is 12.9. The lowest BCUT2D eigenvalue weighted by atomic mass is 10.1. The van der Waals surface area contributed by atoms with E-state index in [0.717, 1.165) is 16.8 Å². The fourth-order valence-corrected chi connectivity index (χ4v) is 2.68. The lowest BCUT2D eigenvalue weighted by Crippen LogP contribution is -2.09. The molecule has 4 nitrogen and oxygen atoms in total. The Morgan fingerprint density at radius 3 is 2.81 bits per heavy atom. The first-order chi connectivity index (χ1) is 10.2. The van der Waals surface area contributed by atoms with Gasteiger partial charge in [-0.3, -0.25) is 0 Å². The van der Waals surface area contributed by atoms with Crippen LogP contribution in [0.5, 0.6) is 0 Å². The van der Waals surface area contributed by atoms with Gasteiger partial charge in [0.2, 0.25) is 5.95 Å². The van der Waals surface area contributed by atoms with Crippen molar-refractivity contribution >= 4 is 28.9 Å². The van der Waals surface area contributed by atoms with Gasteiger partial charge in [-0.05, 0) is 36.1 Å². The summed E-state index contributed by atoms with van der Waals surface area (Å²) in [6.07, 6.45) is 3.51. The Hall–Kier alpha value is -1.98. The minimum atomic E-state index is 0.0486. The van der Waals surface area contributed by atoms with Crippen LogP contribution in [0.15, 0.2) is 47.4 Å². The molecule has 1 unspecified atom stereocenters. The van der Waals surface area contributed by atoms with Crippen molar-refractivity contribution in [1.29, 1.82) is 0 Å². The molecule has 0 radical (unpaired) electrons. The summed E-state index contributed by atoms with van der Waals surface area (Å²) >= 11 is 7.45. The first kappa shape index (κ1) is 14.0. The van der Waals surface area contributed by atoms with Gasteiger partial charge in [-0.1, -0.05) is 17.7 Å². The van der Waals surface area contributed by atoms with Gasteiger partial charge in [0, 0.05) is 23.3 Å². The molecule has 0 aliphatic heterocycles. The molecule has 3 aromatic heterocycles. The average molecular weight is 317 g/mol. The van der Waals surface area contributed by atoms with Gasteiger partial charge < -0.3 is 5.32 Å². The van der Waals surface area contributed by atoms with Crippen molar-refractivity contribution in [2.24, 2.45) is 0 Å². The Kier molecular flexibility index (Phi) is 4.13. The molecular formula is C15H13ClN4S. The van der Waals surface area contributed by atoms with Crippen molar-refractivity contribution in [2.75, 3.05) is 5.32 Å². The third-order valence-corrected chi connectivity index (χ3v) is 3.98. The van der Waals surface area contributed by atoms with Crippen LogP contribution in [0.3, 0.4) is 0 Å². The third-order valence-electron chi connectivity index (χ3n) is 3.07. The number of anilines is 1. The molecule has 0 amide bonds. The SMILES string of the molecule is CC(Nc1nccc(-c2ccsc2)n1)c1ccc(Cl)nc1. The number of hydrogen-bond acceptors (Lipinski definition) is 5. The van der Waals surface area contributed by atoms with E-state index in [4.69, 9.17) is 11.6 Å². The Labute approximate surface area is 131 Å². The molecule has 3 aromatic rings. The second-order valence-electron chi connectivity index (χ2n) is 4.56. The van der Waals surface area contributed by atoms with Crippen LogP contribution in [0.25, 0.3) is 11.3 Å². The first-order valence-electron chi connectivity index (χ1n) is 6.46. The molecule has 0 saturated heterocycles. The third kappa shape index (κ3) is 3.37. The molecule has 1 N–H and O–H groups in total. The highest BCUT2D eigenvalue weighted by atomic mass is 35.5. The summed E-state index contributed by atoms with van der Waals surface area (Å²) in [6, 6.07) is 7.71. The second-order valence-corrected chi connectivity index (χ2v) is 5.73. The van der Waals surface area contributed by atoms with E-state index in [0.29, 0.717) is 11.1 Å². The number of pyridine rings is 1. The van der Waals surface area contributed by atoms with E-state index in [-0.39, 0.29) is 6.04 Å². The summed E-state index contributed by atoms with van der Waals surface area (Å²) in [5.74, 6) is 0.598. The normalized spacial score (nSPS) is 12.1. The molecule has 3 rings (SSSR count). The van der Waals surface area contributed by atoms with Gasteiger partial charge in [0.1, 0.15) is 5.15 Å². The number of halogens is 1. The summed E-state index contributed by atoms with van der Waals surface area (Å²) in [7, 11) is 0. The Morgan fingerprint density at radius 2 is 2.10 bits per heavy atom. The number of aromatic nitrogens is 3. The number of thiophene rings is 1. The van der Waals surface area contributed by atoms with Crippen LogP contribution in [-0.4, -0.2) is 15.0 Å². The van der Waals surface area contributed by atoms with Crippen LogP contribution in [0, 0.1) is 0 Å². The number of nitrogens with zero attached hydrogens (tertiary/aromatic N) is 3. The fraction of sp³-hybridized carbons (Fsp3) is 0.133. The highest BCUT2D eigenvalue weighted by molar-refractivity contribution is 7.08. The topological polar surface area (TPSA) is 50.7 Å². The van der Waals surface area contributed by atoms with Gasteiger partial charge in [-0.25, -0.2) is 15.0 Å². The molecule has 6 heteroatoms. The summed E-state index contributed by atoms with van der Waals surface area (Å²) in [5.41, 5.74) is 3.05. The Bertz CT molecular complexity index is 713. The predicted octanol–water partition coefficient (Wildman–Crippen LogP) is 4.43. The van der Waals surface area contributed by atoms with Crippen LogP contribution >= 0.6 is 22.9 Å². The van der Waals surface area contributed by atoms with Crippen molar-refractivity contribution in [3.63, 3.8) is 0 Å². The minimum absolute atomic E-state index is 0.0486. The van der Waals surface area contributed by atoms with Gasteiger partial charge in [0.15, 0.2) is 0 Å². The largest absolute Gasteiger partial charge is 0.348 e. The standard InChI is InChI=1S/C15H13ClN4S/c1-10(11-2-3-14(16)18-8-11)19-15-17-6-4-13(20-15)12-5-7-21-9-12/h2-10H,1H3,(H,17,19,20). The maximum absolute atomic E-state index is 5.80. The summed E-state index contributed by atoms with van der Waals surface area (Å²) < 4.78 is 0. The number of nitrogens with one attached hydrogen (secondary N) is 1. The molecule has 0 aromatic carbocycles. The maximum atomic E-state index is 5.80. The van der Waals surface area contributed by atoms with Gasteiger partial charge in [0.25, 0.3) is 0 Å². The molecular weight excluding hydrogens is 304 g/mol. The quantitative estimate of drug-likeness (QED) is 0.724. The molecule has 0 aliphatic carbocycles. The number of hydrogen-bond donors (Lipinski definition) is 1. The lowest BCUT2D eigenvalue weighted by molar-refractivity contribution is 0.854. The van der Waals surface area contributed by atoms with E-state index in [9.17, 15) is 0 Å². The van der Waals surface area contributed by atoms with Crippen LogP contribution < -0.4 is 5.32 Å². The van der Waals surface area contributed by atoms with Crippen LogP contribution in [-0.2, 0) is 0 Å².